The fourth-order valence-corrected chi connectivity index (χ4v) is 4.72. The van der Waals surface area contributed by atoms with Crippen LogP contribution in [0.1, 0.15) is 0 Å². The number of rotatable bonds is 3. The average Bonchev–Trinajstić information content (AvgIpc) is 2.39. The van der Waals surface area contributed by atoms with E-state index in [-0.39, 0.29) is 9.79 Å². The second-order valence-electron chi connectivity index (χ2n) is 4.15. The Kier molecular flexibility index (Phi) is 3.92. The van der Waals surface area contributed by atoms with E-state index in [2.05, 4.69) is 5.32 Å². The molecule has 1 saturated heterocycles. The smallest absolute Gasteiger partial charge is 0.244 e. The summed E-state index contributed by atoms with van der Waals surface area (Å²) in [5.41, 5.74) is 0. The highest BCUT2D eigenvalue weighted by atomic mass is 32.2. The Labute approximate surface area is 112 Å². The number of benzene rings is 1. The maximum absolute atomic E-state index is 12.4. The molecule has 1 heterocycles. The lowest BCUT2D eigenvalue weighted by Crippen LogP contribution is -2.46. The predicted octanol–water partition coefficient (Wildman–Crippen LogP) is -1.07. The highest BCUT2D eigenvalue weighted by Gasteiger charge is 2.30. The first-order chi connectivity index (χ1) is 8.83. The van der Waals surface area contributed by atoms with Crippen LogP contribution in [0.4, 0.5) is 0 Å². The molecule has 106 valence electrons. The molecule has 9 heteroatoms. The molecule has 0 spiro atoms. The molecule has 1 aliphatic rings. The zero-order valence-corrected chi connectivity index (χ0v) is 11.7. The minimum absolute atomic E-state index is 0.264. The van der Waals surface area contributed by atoms with Crippen LogP contribution in [0.5, 0.6) is 0 Å². The van der Waals surface area contributed by atoms with Gasteiger partial charge in [-0.1, -0.05) is 12.1 Å². The van der Waals surface area contributed by atoms with Crippen molar-refractivity contribution in [3.8, 4) is 0 Å². The van der Waals surface area contributed by atoms with Crippen LogP contribution in [0.2, 0.25) is 0 Å². The highest BCUT2D eigenvalue weighted by Crippen LogP contribution is 2.23. The molecule has 1 aliphatic heterocycles. The topological polar surface area (TPSA) is 110 Å². The molecule has 0 unspecified atom stereocenters. The van der Waals surface area contributed by atoms with Crippen molar-refractivity contribution in [3.05, 3.63) is 24.3 Å². The summed E-state index contributed by atoms with van der Waals surface area (Å²) in [5, 5.41) is 8.09. The minimum Gasteiger partial charge on any atom is -0.314 e. The molecule has 0 aliphatic carbocycles. The molecule has 2 rings (SSSR count). The zero-order chi connectivity index (χ0) is 14.1. The van der Waals surface area contributed by atoms with E-state index in [4.69, 9.17) is 5.14 Å². The maximum Gasteiger partial charge on any atom is 0.244 e. The van der Waals surface area contributed by atoms with Crippen LogP contribution in [0.3, 0.4) is 0 Å². The van der Waals surface area contributed by atoms with Gasteiger partial charge in [0.1, 0.15) is 9.79 Å². The molecule has 3 N–H and O–H groups in total. The van der Waals surface area contributed by atoms with E-state index in [1.54, 1.807) is 0 Å². The average molecular weight is 305 g/mol. The lowest BCUT2D eigenvalue weighted by atomic mass is 10.4. The fourth-order valence-electron chi connectivity index (χ4n) is 1.92. The summed E-state index contributed by atoms with van der Waals surface area (Å²) in [4.78, 5) is -0.632. The lowest BCUT2D eigenvalue weighted by molar-refractivity contribution is 0.359. The minimum atomic E-state index is -4.08. The molecule has 1 aromatic carbocycles. The molecule has 1 fully saturated rings. The third-order valence-corrected chi connectivity index (χ3v) is 5.90. The summed E-state index contributed by atoms with van der Waals surface area (Å²) in [6.45, 7) is 1.69. The van der Waals surface area contributed by atoms with Gasteiger partial charge in [-0.3, -0.25) is 0 Å². The van der Waals surface area contributed by atoms with E-state index in [1.807, 2.05) is 0 Å². The van der Waals surface area contributed by atoms with Crippen molar-refractivity contribution in [2.75, 3.05) is 26.2 Å². The van der Waals surface area contributed by atoms with Gasteiger partial charge in [0, 0.05) is 26.2 Å². The number of hydrogen-bond donors (Lipinski definition) is 2. The van der Waals surface area contributed by atoms with Gasteiger partial charge >= 0.3 is 0 Å². The molecule has 0 amide bonds. The molecular formula is C10H15N3O4S2. The van der Waals surface area contributed by atoms with Gasteiger partial charge in [-0.15, -0.1) is 0 Å². The van der Waals surface area contributed by atoms with Crippen molar-refractivity contribution in [1.82, 2.24) is 9.62 Å². The van der Waals surface area contributed by atoms with E-state index < -0.39 is 20.0 Å². The van der Waals surface area contributed by atoms with Gasteiger partial charge in [0.15, 0.2) is 0 Å². The molecule has 7 nitrogen and oxygen atoms in total. The second kappa shape index (κ2) is 5.17. The van der Waals surface area contributed by atoms with Crippen LogP contribution in [-0.2, 0) is 20.0 Å². The summed E-state index contributed by atoms with van der Waals surface area (Å²) in [6, 6.07) is 5.38. The van der Waals surface area contributed by atoms with Crippen molar-refractivity contribution in [2.45, 2.75) is 9.79 Å². The van der Waals surface area contributed by atoms with Crippen LogP contribution in [0, 0.1) is 0 Å². The van der Waals surface area contributed by atoms with Gasteiger partial charge in [0.05, 0.1) is 0 Å². The quantitative estimate of drug-likeness (QED) is 0.739. The number of nitrogens with two attached hydrogens (primary N) is 1. The van der Waals surface area contributed by atoms with E-state index >= 15 is 0 Å². The summed E-state index contributed by atoms with van der Waals surface area (Å²) >= 11 is 0. The number of nitrogens with zero attached hydrogens (tertiary/aromatic N) is 1. The third kappa shape index (κ3) is 2.95. The number of piperazine rings is 1. The molecular weight excluding hydrogens is 290 g/mol. The van der Waals surface area contributed by atoms with Crippen molar-refractivity contribution in [2.24, 2.45) is 5.14 Å². The Morgan fingerprint density at radius 2 is 1.53 bits per heavy atom. The molecule has 0 radical (unpaired) electrons. The Morgan fingerprint density at radius 3 is 2.05 bits per heavy atom. The maximum atomic E-state index is 12.4. The van der Waals surface area contributed by atoms with Crippen LogP contribution in [0.25, 0.3) is 0 Å². The Hall–Kier alpha value is -1.00. The zero-order valence-electron chi connectivity index (χ0n) is 10.1. The number of sulfonamides is 2. The Morgan fingerprint density at radius 1 is 1.00 bits per heavy atom. The van der Waals surface area contributed by atoms with Gasteiger partial charge < -0.3 is 5.32 Å². The summed E-state index contributed by atoms with van der Waals surface area (Å²) in [7, 11) is -7.92. The van der Waals surface area contributed by atoms with E-state index in [0.29, 0.717) is 26.2 Å². The van der Waals surface area contributed by atoms with Crippen molar-refractivity contribution >= 4 is 20.0 Å². The third-order valence-electron chi connectivity index (χ3n) is 2.85. The van der Waals surface area contributed by atoms with Crippen LogP contribution >= 0.6 is 0 Å². The molecule has 19 heavy (non-hydrogen) atoms. The van der Waals surface area contributed by atoms with Crippen molar-refractivity contribution in [1.29, 1.82) is 0 Å². The van der Waals surface area contributed by atoms with Gasteiger partial charge in [-0.05, 0) is 12.1 Å². The van der Waals surface area contributed by atoms with Crippen molar-refractivity contribution < 1.29 is 16.8 Å². The van der Waals surface area contributed by atoms with Crippen LogP contribution in [-0.4, -0.2) is 47.3 Å². The first-order valence-electron chi connectivity index (χ1n) is 5.66. The predicted molar refractivity (Wildman–Crippen MR) is 69.4 cm³/mol. The standard InChI is InChI=1S/C10H15N3O4S2/c11-18(14,15)9-3-1-2-4-10(9)19(16,17)13-7-5-12-6-8-13/h1-4,12H,5-8H2,(H2,11,14,15). The normalized spacial score (nSPS) is 18.4. The SMILES string of the molecule is NS(=O)(=O)c1ccccc1S(=O)(=O)N1CCNCC1. The number of nitrogens with one attached hydrogen (secondary N) is 1. The van der Waals surface area contributed by atoms with E-state index in [1.165, 1.54) is 28.6 Å². The van der Waals surface area contributed by atoms with Crippen LogP contribution in [0.15, 0.2) is 34.1 Å². The Bertz CT molecular complexity index is 664. The van der Waals surface area contributed by atoms with Gasteiger partial charge in [-0.2, -0.15) is 4.31 Å². The second-order valence-corrected chi connectivity index (χ2v) is 7.58. The number of hydrogen-bond acceptors (Lipinski definition) is 5. The monoisotopic (exact) mass is 305 g/mol. The highest BCUT2D eigenvalue weighted by molar-refractivity contribution is 7.92. The lowest BCUT2D eigenvalue weighted by Gasteiger charge is -2.27. The molecule has 1 aromatic rings. The van der Waals surface area contributed by atoms with E-state index in [9.17, 15) is 16.8 Å². The molecule has 0 aromatic heterocycles. The molecule has 0 bridgehead atoms. The fraction of sp³-hybridized carbons (Fsp3) is 0.400. The van der Waals surface area contributed by atoms with Gasteiger partial charge in [0.25, 0.3) is 0 Å². The molecule has 0 atom stereocenters. The summed E-state index contributed by atoms with van der Waals surface area (Å²) in [6.07, 6.45) is 0. The summed E-state index contributed by atoms with van der Waals surface area (Å²) < 4.78 is 49.1. The largest absolute Gasteiger partial charge is 0.314 e. The van der Waals surface area contributed by atoms with E-state index in [0.717, 1.165) is 0 Å². The summed E-state index contributed by atoms with van der Waals surface area (Å²) in [5.74, 6) is 0. The van der Waals surface area contributed by atoms with Crippen LogP contribution < -0.4 is 10.5 Å². The van der Waals surface area contributed by atoms with Gasteiger partial charge in [0.2, 0.25) is 20.0 Å². The van der Waals surface area contributed by atoms with Gasteiger partial charge in [-0.25, -0.2) is 22.0 Å². The Balaban J connectivity index is 2.52. The number of primary sulfonamides is 1. The first kappa shape index (κ1) is 14.4. The molecule has 0 saturated carbocycles. The van der Waals surface area contributed by atoms with Crippen molar-refractivity contribution in [3.63, 3.8) is 0 Å². The first-order valence-corrected chi connectivity index (χ1v) is 8.65.